The molecule has 2 fully saturated rings. The van der Waals surface area contributed by atoms with Crippen molar-refractivity contribution in [1.29, 1.82) is 0 Å². The van der Waals surface area contributed by atoms with Gasteiger partial charge in [0, 0.05) is 52.4 Å². The number of hydrogen-bond acceptors (Lipinski definition) is 5. The summed E-state index contributed by atoms with van der Waals surface area (Å²) in [5.74, 6) is 0.801. The predicted octanol–water partition coefficient (Wildman–Crippen LogP) is 1.08. The highest BCUT2D eigenvalue weighted by molar-refractivity contribution is 5.59. The standard InChI is InChI=1S/C18H28N4O/c1-15-3-2-4-18-17(15)14-21(13-16-11-19-12-16)22(18)6-5-20-7-9-23-10-8-20/h2-4,16,19H,5-14H2,1H3. The number of rotatable bonds is 5. The van der Waals surface area contributed by atoms with Crippen molar-refractivity contribution in [2.45, 2.75) is 13.5 Å². The molecule has 0 bridgehead atoms. The first-order valence-electron chi connectivity index (χ1n) is 8.93. The van der Waals surface area contributed by atoms with Crippen molar-refractivity contribution in [2.75, 3.05) is 64.0 Å². The van der Waals surface area contributed by atoms with Crippen LogP contribution in [0.15, 0.2) is 18.2 Å². The van der Waals surface area contributed by atoms with Gasteiger partial charge in [-0.25, -0.2) is 5.01 Å². The van der Waals surface area contributed by atoms with Crippen LogP contribution in [0.2, 0.25) is 0 Å². The lowest BCUT2D eigenvalue weighted by atomic mass is 10.0. The van der Waals surface area contributed by atoms with Crippen molar-refractivity contribution in [1.82, 2.24) is 15.2 Å². The van der Waals surface area contributed by atoms with Crippen molar-refractivity contribution < 1.29 is 4.74 Å². The summed E-state index contributed by atoms with van der Waals surface area (Å²) < 4.78 is 5.47. The van der Waals surface area contributed by atoms with Crippen LogP contribution in [-0.2, 0) is 11.3 Å². The quantitative estimate of drug-likeness (QED) is 0.879. The molecule has 3 heterocycles. The summed E-state index contributed by atoms with van der Waals surface area (Å²) in [5, 5.41) is 8.51. The molecular formula is C18H28N4O. The minimum atomic E-state index is 0.801. The van der Waals surface area contributed by atoms with Gasteiger partial charge in [0.2, 0.25) is 0 Å². The molecule has 1 aromatic carbocycles. The Kier molecular flexibility index (Phi) is 4.53. The molecule has 5 heteroatoms. The van der Waals surface area contributed by atoms with E-state index >= 15 is 0 Å². The average molecular weight is 316 g/mol. The maximum Gasteiger partial charge on any atom is 0.0594 e. The molecule has 0 unspecified atom stereocenters. The fourth-order valence-corrected chi connectivity index (χ4v) is 3.82. The molecule has 0 amide bonds. The molecule has 0 atom stereocenters. The highest BCUT2D eigenvalue weighted by Gasteiger charge is 2.31. The van der Waals surface area contributed by atoms with Crippen LogP contribution in [0.25, 0.3) is 0 Å². The minimum Gasteiger partial charge on any atom is -0.379 e. The first kappa shape index (κ1) is 15.4. The Morgan fingerprint density at radius 3 is 2.74 bits per heavy atom. The van der Waals surface area contributed by atoms with E-state index in [2.05, 4.69) is 45.4 Å². The average Bonchev–Trinajstić information content (AvgIpc) is 2.89. The van der Waals surface area contributed by atoms with Gasteiger partial charge in [-0.3, -0.25) is 4.90 Å². The molecule has 126 valence electrons. The fourth-order valence-electron chi connectivity index (χ4n) is 3.82. The number of benzene rings is 1. The summed E-state index contributed by atoms with van der Waals surface area (Å²) in [7, 11) is 0. The molecule has 0 spiro atoms. The number of aryl methyl sites for hydroxylation is 1. The number of nitrogens with zero attached hydrogens (tertiary/aromatic N) is 3. The molecular weight excluding hydrogens is 288 g/mol. The van der Waals surface area contributed by atoms with E-state index in [1.165, 1.54) is 36.4 Å². The van der Waals surface area contributed by atoms with Crippen LogP contribution in [0.5, 0.6) is 0 Å². The molecule has 3 aliphatic heterocycles. The Morgan fingerprint density at radius 1 is 1.17 bits per heavy atom. The molecule has 0 radical (unpaired) electrons. The Morgan fingerprint density at radius 2 is 2.00 bits per heavy atom. The van der Waals surface area contributed by atoms with Gasteiger partial charge in [0.05, 0.1) is 18.9 Å². The Labute approximate surface area is 139 Å². The predicted molar refractivity (Wildman–Crippen MR) is 92.6 cm³/mol. The van der Waals surface area contributed by atoms with Crippen molar-refractivity contribution in [3.8, 4) is 0 Å². The normalized spacial score (nSPS) is 23.1. The van der Waals surface area contributed by atoms with Gasteiger partial charge in [0.15, 0.2) is 0 Å². The van der Waals surface area contributed by atoms with Gasteiger partial charge in [-0.05, 0) is 30.0 Å². The summed E-state index contributed by atoms with van der Waals surface area (Å²) >= 11 is 0. The number of nitrogens with one attached hydrogen (secondary N) is 1. The van der Waals surface area contributed by atoms with E-state index in [1.807, 2.05) is 0 Å². The zero-order chi connectivity index (χ0) is 15.6. The van der Waals surface area contributed by atoms with Gasteiger partial charge < -0.3 is 15.1 Å². The summed E-state index contributed by atoms with van der Waals surface area (Å²) in [4.78, 5) is 2.53. The van der Waals surface area contributed by atoms with Crippen molar-refractivity contribution in [3.05, 3.63) is 29.3 Å². The first-order chi connectivity index (χ1) is 11.3. The van der Waals surface area contributed by atoms with Crippen molar-refractivity contribution in [2.24, 2.45) is 5.92 Å². The Hall–Kier alpha value is -1.14. The largest absolute Gasteiger partial charge is 0.379 e. The van der Waals surface area contributed by atoms with Crippen LogP contribution in [-0.4, -0.2) is 68.9 Å². The lowest BCUT2D eigenvalue weighted by molar-refractivity contribution is 0.0373. The minimum absolute atomic E-state index is 0.801. The molecule has 2 saturated heterocycles. The topological polar surface area (TPSA) is 31.0 Å². The first-order valence-corrected chi connectivity index (χ1v) is 8.93. The monoisotopic (exact) mass is 316 g/mol. The molecule has 3 aliphatic rings. The molecule has 1 aromatic rings. The molecule has 5 nitrogen and oxygen atoms in total. The van der Waals surface area contributed by atoms with E-state index in [1.54, 1.807) is 0 Å². The van der Waals surface area contributed by atoms with E-state index in [-0.39, 0.29) is 0 Å². The maximum atomic E-state index is 5.47. The molecule has 23 heavy (non-hydrogen) atoms. The lowest BCUT2D eigenvalue weighted by Gasteiger charge is -2.38. The Balaban J connectivity index is 1.46. The molecule has 1 N–H and O–H groups in total. The molecule has 0 aromatic heterocycles. The zero-order valence-electron chi connectivity index (χ0n) is 14.1. The lowest BCUT2D eigenvalue weighted by Crippen LogP contribution is -2.52. The van der Waals surface area contributed by atoms with Crippen LogP contribution in [0, 0.1) is 12.8 Å². The maximum absolute atomic E-state index is 5.47. The highest BCUT2D eigenvalue weighted by Crippen LogP contribution is 2.34. The summed E-state index contributed by atoms with van der Waals surface area (Å²) in [6.45, 7) is 12.9. The number of fused-ring (bicyclic) bond motifs is 1. The highest BCUT2D eigenvalue weighted by atomic mass is 16.5. The van der Waals surface area contributed by atoms with Gasteiger partial charge in [-0.1, -0.05) is 12.1 Å². The van der Waals surface area contributed by atoms with Crippen molar-refractivity contribution in [3.63, 3.8) is 0 Å². The summed E-state index contributed by atoms with van der Waals surface area (Å²) in [5.41, 5.74) is 4.36. The second-order valence-electron chi connectivity index (χ2n) is 7.02. The van der Waals surface area contributed by atoms with Gasteiger partial charge in [-0.2, -0.15) is 0 Å². The fraction of sp³-hybridized carbons (Fsp3) is 0.667. The molecule has 0 aliphatic carbocycles. The molecule has 0 saturated carbocycles. The number of hydrazine groups is 1. The SMILES string of the molecule is Cc1cccc2c1CN(CC1CNC1)N2CCN1CCOCC1. The second kappa shape index (κ2) is 6.77. The number of ether oxygens (including phenoxy) is 1. The van der Waals surface area contributed by atoms with Crippen LogP contribution in [0.4, 0.5) is 5.69 Å². The van der Waals surface area contributed by atoms with Crippen LogP contribution in [0.3, 0.4) is 0 Å². The molecule has 4 rings (SSSR count). The third kappa shape index (κ3) is 3.24. The Bertz CT molecular complexity index is 540. The van der Waals surface area contributed by atoms with E-state index in [4.69, 9.17) is 4.74 Å². The number of morpholine rings is 1. The smallest absolute Gasteiger partial charge is 0.0594 e. The second-order valence-corrected chi connectivity index (χ2v) is 7.02. The third-order valence-corrected chi connectivity index (χ3v) is 5.41. The number of anilines is 1. The van der Waals surface area contributed by atoms with E-state index < -0.39 is 0 Å². The zero-order valence-corrected chi connectivity index (χ0v) is 14.1. The van der Waals surface area contributed by atoms with Crippen LogP contribution >= 0.6 is 0 Å². The summed E-state index contributed by atoms with van der Waals surface area (Å²) in [6.07, 6.45) is 0. The van der Waals surface area contributed by atoms with Gasteiger partial charge >= 0.3 is 0 Å². The summed E-state index contributed by atoms with van der Waals surface area (Å²) in [6, 6.07) is 6.73. The van der Waals surface area contributed by atoms with Gasteiger partial charge in [0.25, 0.3) is 0 Å². The third-order valence-electron chi connectivity index (χ3n) is 5.41. The van der Waals surface area contributed by atoms with Gasteiger partial charge in [0.1, 0.15) is 0 Å². The van der Waals surface area contributed by atoms with Crippen LogP contribution in [0.1, 0.15) is 11.1 Å². The van der Waals surface area contributed by atoms with E-state index in [0.29, 0.717) is 0 Å². The van der Waals surface area contributed by atoms with E-state index in [9.17, 15) is 0 Å². The van der Waals surface area contributed by atoms with Gasteiger partial charge in [-0.15, -0.1) is 0 Å². The van der Waals surface area contributed by atoms with E-state index in [0.717, 1.165) is 51.9 Å². The van der Waals surface area contributed by atoms with Crippen molar-refractivity contribution >= 4 is 5.69 Å². The van der Waals surface area contributed by atoms with Crippen LogP contribution < -0.4 is 10.3 Å². The number of hydrogen-bond donors (Lipinski definition) is 1.